The molecule has 0 aliphatic rings. The fourth-order valence-electron chi connectivity index (χ4n) is 1.53. The Morgan fingerprint density at radius 3 is 2.21 bits per heavy atom. The maximum Gasteiger partial charge on any atom is 0.433 e. The molecule has 0 aliphatic heterocycles. The molecule has 1 aromatic rings. The van der Waals surface area contributed by atoms with Gasteiger partial charge in [-0.2, -0.15) is 18.2 Å². The molecule has 0 fully saturated rings. The fraction of sp³-hybridized carbons (Fsp3) is 0.667. The van der Waals surface area contributed by atoms with Crippen molar-refractivity contribution in [3.63, 3.8) is 0 Å². The van der Waals surface area contributed by atoms with Gasteiger partial charge < -0.3 is 10.2 Å². The Morgan fingerprint density at radius 2 is 1.79 bits per heavy atom. The van der Waals surface area contributed by atoms with Gasteiger partial charge in [0.1, 0.15) is 5.82 Å². The van der Waals surface area contributed by atoms with E-state index in [2.05, 4.69) is 15.3 Å². The number of nitrogens with zero attached hydrogens (tertiary/aromatic N) is 3. The van der Waals surface area contributed by atoms with E-state index < -0.39 is 11.9 Å². The van der Waals surface area contributed by atoms with Gasteiger partial charge >= 0.3 is 6.18 Å². The standard InChI is InChI=1S/C12H19F3N4/c1-7(2)8(3)19(5)10-6-9(12(13,14)15)17-11(16-4)18-10/h6-8H,1-5H3,(H,16,17,18). The Labute approximate surface area is 111 Å². The molecule has 0 aliphatic carbocycles. The van der Waals surface area contributed by atoms with E-state index in [4.69, 9.17) is 0 Å². The summed E-state index contributed by atoms with van der Waals surface area (Å²) in [6.45, 7) is 5.96. The van der Waals surface area contributed by atoms with E-state index in [1.165, 1.54) is 7.05 Å². The van der Waals surface area contributed by atoms with Crippen molar-refractivity contribution in [1.82, 2.24) is 9.97 Å². The first-order valence-electron chi connectivity index (χ1n) is 6.03. The van der Waals surface area contributed by atoms with Crippen LogP contribution in [0.4, 0.5) is 24.9 Å². The number of alkyl halides is 3. The Morgan fingerprint density at radius 1 is 1.21 bits per heavy atom. The fourth-order valence-corrected chi connectivity index (χ4v) is 1.53. The zero-order valence-corrected chi connectivity index (χ0v) is 11.7. The van der Waals surface area contributed by atoms with Crippen molar-refractivity contribution in [3.05, 3.63) is 11.8 Å². The summed E-state index contributed by atoms with van der Waals surface area (Å²) in [5.41, 5.74) is -0.940. The van der Waals surface area contributed by atoms with Crippen LogP contribution < -0.4 is 10.2 Å². The van der Waals surface area contributed by atoms with Crippen LogP contribution in [0.25, 0.3) is 0 Å². The number of halogens is 3. The summed E-state index contributed by atoms with van der Waals surface area (Å²) in [5.74, 6) is 0.521. The van der Waals surface area contributed by atoms with E-state index in [-0.39, 0.29) is 17.8 Å². The van der Waals surface area contributed by atoms with Crippen LogP contribution in [0, 0.1) is 5.92 Å². The van der Waals surface area contributed by atoms with Crippen molar-refractivity contribution < 1.29 is 13.2 Å². The summed E-state index contributed by atoms with van der Waals surface area (Å²) >= 11 is 0. The topological polar surface area (TPSA) is 41.1 Å². The van der Waals surface area contributed by atoms with Crippen LogP contribution >= 0.6 is 0 Å². The molecule has 0 saturated carbocycles. The van der Waals surface area contributed by atoms with Crippen LogP contribution in [0.15, 0.2) is 6.07 Å². The van der Waals surface area contributed by atoms with Crippen molar-refractivity contribution in [2.45, 2.75) is 33.0 Å². The molecule has 0 radical (unpaired) electrons. The van der Waals surface area contributed by atoms with E-state index in [9.17, 15) is 13.2 Å². The number of hydrogen-bond acceptors (Lipinski definition) is 4. The molecule has 19 heavy (non-hydrogen) atoms. The smallest absolute Gasteiger partial charge is 0.357 e. The van der Waals surface area contributed by atoms with E-state index in [1.807, 2.05) is 20.8 Å². The lowest BCUT2D eigenvalue weighted by Crippen LogP contribution is -2.34. The number of nitrogens with one attached hydrogen (secondary N) is 1. The Bertz CT molecular complexity index is 431. The highest BCUT2D eigenvalue weighted by atomic mass is 19.4. The van der Waals surface area contributed by atoms with Crippen molar-refractivity contribution in [3.8, 4) is 0 Å². The quantitative estimate of drug-likeness (QED) is 0.917. The van der Waals surface area contributed by atoms with E-state index in [1.54, 1.807) is 11.9 Å². The van der Waals surface area contributed by atoms with Gasteiger partial charge in [-0.15, -0.1) is 0 Å². The first-order valence-corrected chi connectivity index (χ1v) is 6.03. The summed E-state index contributed by atoms with van der Waals surface area (Å²) in [5, 5.41) is 2.55. The van der Waals surface area contributed by atoms with Crippen LogP contribution in [-0.2, 0) is 6.18 Å². The second-order valence-corrected chi connectivity index (χ2v) is 4.78. The number of rotatable bonds is 4. The molecular weight excluding hydrogens is 257 g/mol. The molecule has 4 nitrogen and oxygen atoms in total. The molecule has 1 unspecified atom stereocenters. The molecule has 1 heterocycles. The maximum absolute atomic E-state index is 12.8. The Kier molecular flexibility index (Phi) is 4.60. The summed E-state index contributed by atoms with van der Waals surface area (Å²) in [6, 6.07) is 1.04. The van der Waals surface area contributed by atoms with Crippen molar-refractivity contribution in [1.29, 1.82) is 0 Å². The molecule has 0 spiro atoms. The average molecular weight is 276 g/mol. The highest BCUT2D eigenvalue weighted by Crippen LogP contribution is 2.31. The monoisotopic (exact) mass is 276 g/mol. The summed E-state index contributed by atoms with van der Waals surface area (Å²) in [7, 11) is 3.22. The number of hydrogen-bond donors (Lipinski definition) is 1. The Hall–Kier alpha value is -1.53. The second-order valence-electron chi connectivity index (χ2n) is 4.78. The zero-order chi connectivity index (χ0) is 14.8. The molecule has 0 bridgehead atoms. The minimum atomic E-state index is -4.48. The molecule has 0 saturated heterocycles. The van der Waals surface area contributed by atoms with Gasteiger partial charge in [-0.25, -0.2) is 4.98 Å². The number of anilines is 2. The first-order chi connectivity index (χ1) is 8.66. The van der Waals surface area contributed by atoms with Gasteiger partial charge in [-0.3, -0.25) is 0 Å². The molecular formula is C12H19F3N4. The molecule has 1 rings (SSSR count). The zero-order valence-electron chi connectivity index (χ0n) is 11.7. The van der Waals surface area contributed by atoms with Crippen LogP contribution in [0.3, 0.4) is 0 Å². The van der Waals surface area contributed by atoms with Gasteiger partial charge in [-0.1, -0.05) is 13.8 Å². The lowest BCUT2D eigenvalue weighted by atomic mass is 10.1. The minimum absolute atomic E-state index is 0.0346. The largest absolute Gasteiger partial charge is 0.433 e. The predicted molar refractivity (Wildman–Crippen MR) is 69.3 cm³/mol. The van der Waals surface area contributed by atoms with Gasteiger partial charge in [0, 0.05) is 26.2 Å². The summed E-state index contributed by atoms with van der Waals surface area (Å²) < 4.78 is 38.3. The molecule has 108 valence electrons. The predicted octanol–water partition coefficient (Wildman–Crippen LogP) is 3.02. The van der Waals surface area contributed by atoms with Crippen LogP contribution in [0.1, 0.15) is 26.5 Å². The van der Waals surface area contributed by atoms with Gasteiger partial charge in [0.25, 0.3) is 0 Å². The van der Waals surface area contributed by atoms with Gasteiger partial charge in [0.15, 0.2) is 5.69 Å². The third-order valence-electron chi connectivity index (χ3n) is 3.16. The lowest BCUT2D eigenvalue weighted by molar-refractivity contribution is -0.141. The highest BCUT2D eigenvalue weighted by Gasteiger charge is 2.34. The van der Waals surface area contributed by atoms with Crippen molar-refractivity contribution in [2.24, 2.45) is 5.92 Å². The van der Waals surface area contributed by atoms with Crippen molar-refractivity contribution >= 4 is 11.8 Å². The lowest BCUT2D eigenvalue weighted by Gasteiger charge is -2.29. The highest BCUT2D eigenvalue weighted by molar-refractivity contribution is 5.45. The third kappa shape index (κ3) is 3.71. The second kappa shape index (κ2) is 5.63. The minimum Gasteiger partial charge on any atom is -0.357 e. The Balaban J connectivity index is 3.20. The number of aromatic nitrogens is 2. The van der Waals surface area contributed by atoms with E-state index >= 15 is 0 Å². The molecule has 0 amide bonds. The molecule has 1 N–H and O–H groups in total. The molecule has 1 atom stereocenters. The normalized spacial score (nSPS) is 13.5. The van der Waals surface area contributed by atoms with Crippen LogP contribution in [0.2, 0.25) is 0 Å². The van der Waals surface area contributed by atoms with E-state index in [0.29, 0.717) is 5.92 Å². The van der Waals surface area contributed by atoms with Gasteiger partial charge in [-0.05, 0) is 12.8 Å². The average Bonchev–Trinajstić information content (AvgIpc) is 2.35. The van der Waals surface area contributed by atoms with Gasteiger partial charge in [0.05, 0.1) is 0 Å². The summed E-state index contributed by atoms with van der Waals surface area (Å²) in [6.07, 6.45) is -4.48. The third-order valence-corrected chi connectivity index (χ3v) is 3.16. The SMILES string of the molecule is CNc1nc(N(C)C(C)C(C)C)cc(C(F)(F)F)n1. The van der Waals surface area contributed by atoms with Gasteiger partial charge in [0.2, 0.25) is 5.95 Å². The van der Waals surface area contributed by atoms with Crippen LogP contribution in [0.5, 0.6) is 0 Å². The molecule has 0 aromatic carbocycles. The molecule has 1 aromatic heterocycles. The molecule has 7 heteroatoms. The first kappa shape index (κ1) is 15.5. The van der Waals surface area contributed by atoms with Crippen LogP contribution in [-0.4, -0.2) is 30.1 Å². The summed E-state index contributed by atoms with van der Waals surface area (Å²) in [4.78, 5) is 9.23. The maximum atomic E-state index is 12.8. The van der Waals surface area contributed by atoms with E-state index in [0.717, 1.165) is 6.07 Å². The van der Waals surface area contributed by atoms with Crippen molar-refractivity contribution in [2.75, 3.05) is 24.3 Å².